The van der Waals surface area contributed by atoms with E-state index in [4.69, 9.17) is 37.0 Å². The first-order valence-corrected chi connectivity index (χ1v) is 42.7. The summed E-state index contributed by atoms with van der Waals surface area (Å²) in [6, 6.07) is 0. The fourth-order valence-electron chi connectivity index (χ4n) is 11.7. The molecule has 0 saturated heterocycles. The maximum atomic E-state index is 13.1. The molecule has 0 aliphatic carbocycles. The molecular weight excluding hydrogens is 1260 g/mol. The van der Waals surface area contributed by atoms with Crippen molar-refractivity contribution in [2.24, 2.45) is 23.7 Å². The fraction of sp³-hybridized carbons (Fsp3) is 0.948. The molecule has 0 rings (SSSR count). The summed E-state index contributed by atoms with van der Waals surface area (Å²) in [5.74, 6) is 0.905. The molecule has 0 radical (unpaired) electrons. The normalized spacial score (nSPS) is 14.4. The van der Waals surface area contributed by atoms with Crippen LogP contribution in [0.4, 0.5) is 0 Å². The number of rotatable bonds is 74. The molecule has 0 saturated carbocycles. The Kier molecular flexibility index (Phi) is 65.0. The summed E-state index contributed by atoms with van der Waals surface area (Å²) < 4.78 is 68.5. The third-order valence-corrected chi connectivity index (χ3v) is 20.1. The molecule has 19 heteroatoms. The molecule has 3 unspecified atom stereocenters. The maximum absolute atomic E-state index is 13.1. The summed E-state index contributed by atoms with van der Waals surface area (Å²) >= 11 is 0. The number of unbranched alkanes of at least 4 members (excludes halogenated alkanes) is 39. The lowest BCUT2D eigenvalue weighted by Crippen LogP contribution is -2.30. The van der Waals surface area contributed by atoms with Crippen LogP contribution in [0.25, 0.3) is 0 Å². The van der Waals surface area contributed by atoms with E-state index in [-0.39, 0.29) is 25.7 Å². The SMILES string of the molecule is CCC(C)CCCCCCCCC(=O)OC[C@H](COP(=O)(O)OC[C@H](O)COP(=O)(O)OC[C@@H](COC(=O)CCCCCCCCCCCCCCC(C)C)OC(=O)CCCCCCCCCCCCCCCCCCCCC(C)C)OC(=O)CCCCCCCCCC(C)C. The molecule has 0 aromatic carbocycles. The molecule has 17 nitrogen and oxygen atoms in total. The van der Waals surface area contributed by atoms with E-state index in [0.717, 1.165) is 114 Å². The molecule has 0 fully saturated rings. The van der Waals surface area contributed by atoms with Gasteiger partial charge in [-0.05, 0) is 49.4 Å². The zero-order chi connectivity index (χ0) is 71.0. The smallest absolute Gasteiger partial charge is 0.462 e. The van der Waals surface area contributed by atoms with Crippen molar-refractivity contribution in [1.82, 2.24) is 0 Å². The molecule has 0 aromatic heterocycles. The van der Waals surface area contributed by atoms with E-state index in [9.17, 15) is 43.2 Å². The Bertz CT molecular complexity index is 1890. The number of hydrogen-bond donors (Lipinski definition) is 3. The molecule has 6 atom stereocenters. The van der Waals surface area contributed by atoms with Crippen LogP contribution in [0.5, 0.6) is 0 Å². The van der Waals surface area contributed by atoms with Crippen LogP contribution in [0.2, 0.25) is 0 Å². The Balaban J connectivity index is 5.20. The molecule has 96 heavy (non-hydrogen) atoms. The molecule has 0 bridgehead atoms. The van der Waals surface area contributed by atoms with Gasteiger partial charge in [-0.25, -0.2) is 9.13 Å². The van der Waals surface area contributed by atoms with Gasteiger partial charge >= 0.3 is 39.5 Å². The Labute approximate surface area is 588 Å². The summed E-state index contributed by atoms with van der Waals surface area (Å²) in [7, 11) is -9.91. The summed E-state index contributed by atoms with van der Waals surface area (Å²) in [6.45, 7) is 14.1. The molecule has 570 valence electrons. The molecule has 0 spiro atoms. The minimum atomic E-state index is -4.96. The summed E-state index contributed by atoms with van der Waals surface area (Å²) in [6.07, 6.45) is 51.6. The standard InChI is InChI=1S/C77H150O17P2/c1-9-70(8)56-48-40-35-36-42-50-58-75(80)88-64-73(94-77(82)60-52-44-34-28-31-39-47-55-69(6)7)66-92-96(85,86)90-62-71(78)61-89-95(83,84)91-65-72(63-87-74(79)57-49-41-32-26-22-19-18-21-25-30-38-46-54-68(4)5)93-76(81)59-51-43-33-27-23-17-15-13-11-10-12-14-16-20-24-29-37-45-53-67(2)3/h67-73,78H,9-66H2,1-8H3,(H,83,84)(H,85,86)/t70?,71-,72-,73-/m1/s1. The first-order valence-electron chi connectivity index (χ1n) is 39.7. The van der Waals surface area contributed by atoms with E-state index in [0.29, 0.717) is 31.6 Å². The Hall–Kier alpha value is -1.94. The van der Waals surface area contributed by atoms with Crippen molar-refractivity contribution in [1.29, 1.82) is 0 Å². The van der Waals surface area contributed by atoms with Gasteiger partial charge in [-0.2, -0.15) is 0 Å². The third kappa shape index (κ3) is 69.2. The lowest BCUT2D eigenvalue weighted by Gasteiger charge is -2.21. The molecule has 0 aliphatic rings. The average Bonchev–Trinajstić information content (AvgIpc) is 1.13. The van der Waals surface area contributed by atoms with Gasteiger partial charge in [0.15, 0.2) is 12.2 Å². The van der Waals surface area contributed by atoms with Gasteiger partial charge in [0.05, 0.1) is 26.4 Å². The fourth-order valence-corrected chi connectivity index (χ4v) is 13.3. The van der Waals surface area contributed by atoms with Gasteiger partial charge < -0.3 is 33.8 Å². The van der Waals surface area contributed by atoms with Crippen LogP contribution in [0.1, 0.15) is 389 Å². The lowest BCUT2D eigenvalue weighted by molar-refractivity contribution is -0.161. The zero-order valence-corrected chi connectivity index (χ0v) is 64.8. The van der Waals surface area contributed by atoms with Gasteiger partial charge in [0.25, 0.3) is 0 Å². The number of phosphoric ester groups is 2. The summed E-state index contributed by atoms with van der Waals surface area (Å²) in [5.41, 5.74) is 0. The number of esters is 4. The number of carbonyl (C=O) groups excluding carboxylic acids is 4. The number of ether oxygens (including phenoxy) is 4. The van der Waals surface area contributed by atoms with Gasteiger partial charge in [-0.3, -0.25) is 37.3 Å². The van der Waals surface area contributed by atoms with E-state index in [2.05, 4.69) is 55.4 Å². The van der Waals surface area contributed by atoms with E-state index < -0.39 is 97.5 Å². The second-order valence-electron chi connectivity index (χ2n) is 29.4. The summed E-state index contributed by atoms with van der Waals surface area (Å²) in [4.78, 5) is 72.8. The van der Waals surface area contributed by atoms with Crippen LogP contribution in [-0.4, -0.2) is 96.7 Å². The van der Waals surface area contributed by atoms with Crippen LogP contribution in [0.15, 0.2) is 0 Å². The van der Waals surface area contributed by atoms with Gasteiger partial charge in [0.2, 0.25) is 0 Å². The Morgan fingerprint density at radius 1 is 0.292 bits per heavy atom. The lowest BCUT2D eigenvalue weighted by atomic mass is 10.00. The molecule has 0 aliphatic heterocycles. The van der Waals surface area contributed by atoms with Crippen molar-refractivity contribution in [3.63, 3.8) is 0 Å². The van der Waals surface area contributed by atoms with Crippen LogP contribution in [0, 0.1) is 23.7 Å². The second kappa shape index (κ2) is 66.3. The van der Waals surface area contributed by atoms with Crippen molar-refractivity contribution in [3.8, 4) is 0 Å². The predicted octanol–water partition coefficient (Wildman–Crippen LogP) is 22.4. The van der Waals surface area contributed by atoms with Crippen molar-refractivity contribution < 1.29 is 80.2 Å². The Morgan fingerprint density at radius 2 is 0.500 bits per heavy atom. The van der Waals surface area contributed by atoms with Crippen LogP contribution >= 0.6 is 15.6 Å². The number of aliphatic hydroxyl groups is 1. The highest BCUT2D eigenvalue weighted by Crippen LogP contribution is 2.45. The highest BCUT2D eigenvalue weighted by molar-refractivity contribution is 7.47. The first-order chi connectivity index (χ1) is 46.1. The van der Waals surface area contributed by atoms with E-state index in [1.54, 1.807) is 0 Å². The third-order valence-electron chi connectivity index (χ3n) is 18.2. The quantitative estimate of drug-likeness (QED) is 0.0222. The van der Waals surface area contributed by atoms with E-state index >= 15 is 0 Å². The van der Waals surface area contributed by atoms with Crippen LogP contribution in [-0.2, 0) is 65.4 Å². The number of aliphatic hydroxyl groups excluding tert-OH is 1. The maximum Gasteiger partial charge on any atom is 0.472 e. The van der Waals surface area contributed by atoms with Gasteiger partial charge in [-0.15, -0.1) is 0 Å². The van der Waals surface area contributed by atoms with Gasteiger partial charge in [0.1, 0.15) is 19.3 Å². The Morgan fingerprint density at radius 3 is 0.740 bits per heavy atom. The molecule has 0 aromatic rings. The van der Waals surface area contributed by atoms with E-state index in [1.807, 2.05) is 0 Å². The predicted molar refractivity (Wildman–Crippen MR) is 391 cm³/mol. The summed E-state index contributed by atoms with van der Waals surface area (Å²) in [5, 5.41) is 10.6. The monoisotopic (exact) mass is 1410 g/mol. The minimum Gasteiger partial charge on any atom is -0.462 e. The van der Waals surface area contributed by atoms with Gasteiger partial charge in [0, 0.05) is 25.7 Å². The molecule has 0 heterocycles. The largest absolute Gasteiger partial charge is 0.472 e. The highest BCUT2D eigenvalue weighted by Gasteiger charge is 2.30. The zero-order valence-electron chi connectivity index (χ0n) is 63.0. The minimum absolute atomic E-state index is 0.102. The van der Waals surface area contributed by atoms with Crippen LogP contribution in [0.3, 0.4) is 0 Å². The molecule has 0 amide bonds. The highest BCUT2D eigenvalue weighted by atomic mass is 31.2. The number of hydrogen-bond acceptors (Lipinski definition) is 15. The van der Waals surface area contributed by atoms with Crippen LogP contribution < -0.4 is 0 Å². The molecule has 3 N–H and O–H groups in total. The van der Waals surface area contributed by atoms with Crippen molar-refractivity contribution in [2.45, 2.75) is 408 Å². The van der Waals surface area contributed by atoms with Crippen molar-refractivity contribution >= 4 is 39.5 Å². The van der Waals surface area contributed by atoms with E-state index in [1.165, 1.54) is 186 Å². The first kappa shape index (κ1) is 94.1. The number of phosphoric acid groups is 2. The number of carbonyl (C=O) groups is 4. The molecular formula is C77H150O17P2. The second-order valence-corrected chi connectivity index (χ2v) is 32.3. The van der Waals surface area contributed by atoms with Crippen molar-refractivity contribution in [3.05, 3.63) is 0 Å². The topological polar surface area (TPSA) is 237 Å². The average molecular weight is 1410 g/mol. The van der Waals surface area contributed by atoms with Gasteiger partial charge in [-0.1, -0.05) is 338 Å². The van der Waals surface area contributed by atoms with Crippen molar-refractivity contribution in [2.75, 3.05) is 39.6 Å².